The molecule has 7 nitrogen and oxygen atoms in total. The normalized spacial score (nSPS) is 10.4. The smallest absolute Gasteiger partial charge is 0.277 e. The summed E-state index contributed by atoms with van der Waals surface area (Å²) in [5, 5.41) is 4.25. The van der Waals surface area contributed by atoms with Gasteiger partial charge in [0.05, 0.1) is 11.2 Å². The van der Waals surface area contributed by atoms with E-state index in [4.69, 9.17) is 26.8 Å². The summed E-state index contributed by atoms with van der Waals surface area (Å²) in [4.78, 5) is 22.5. The van der Waals surface area contributed by atoms with Crippen molar-refractivity contribution in [3.63, 3.8) is 0 Å². The van der Waals surface area contributed by atoms with Crippen molar-refractivity contribution in [2.45, 2.75) is 0 Å². The van der Waals surface area contributed by atoms with Crippen LogP contribution in [0.3, 0.4) is 0 Å². The Morgan fingerprint density at radius 3 is 2.40 bits per heavy atom. The van der Waals surface area contributed by atoms with Gasteiger partial charge in [-0.15, -0.1) is 0 Å². The maximum Gasteiger partial charge on any atom is 0.277 e. The second-order valence-corrected chi connectivity index (χ2v) is 5.21. The van der Waals surface area contributed by atoms with Crippen molar-refractivity contribution in [2.75, 3.05) is 13.2 Å². The minimum Gasteiger partial charge on any atom is -0.483 e. The zero-order valence-corrected chi connectivity index (χ0v) is 13.9. The summed E-state index contributed by atoms with van der Waals surface area (Å²) in [7, 11) is 0. The number of para-hydroxylation sites is 2. The molecule has 0 aliphatic rings. The minimum absolute atomic E-state index is 0.235. The van der Waals surface area contributed by atoms with E-state index in [1.807, 2.05) is 0 Å². The molecule has 2 aromatic rings. The molecule has 0 aliphatic carbocycles. The molecule has 2 aromatic carbocycles. The number of carbonyl (C=O) groups excluding carboxylic acids is 2. The van der Waals surface area contributed by atoms with Crippen LogP contribution >= 0.6 is 11.6 Å². The van der Waals surface area contributed by atoms with Gasteiger partial charge >= 0.3 is 0 Å². The lowest BCUT2D eigenvalue weighted by Crippen LogP contribution is -2.24. The Morgan fingerprint density at radius 1 is 1.04 bits per heavy atom. The number of ether oxygens (including phenoxy) is 2. The number of nitrogens with two attached hydrogens (primary N) is 1. The van der Waals surface area contributed by atoms with Crippen LogP contribution in [0.15, 0.2) is 53.6 Å². The van der Waals surface area contributed by atoms with Crippen molar-refractivity contribution in [1.29, 1.82) is 0 Å². The number of benzene rings is 2. The molecule has 0 aromatic heterocycles. The molecule has 0 unspecified atom stereocenters. The molecule has 0 aliphatic heterocycles. The Bertz CT molecular complexity index is 780. The highest BCUT2D eigenvalue weighted by Crippen LogP contribution is 2.22. The second kappa shape index (κ2) is 9.29. The SMILES string of the molecule is NC(=O)COc1ccccc1/C=N/NC(=O)COc1ccccc1Cl. The number of rotatable bonds is 8. The number of nitrogens with zero attached hydrogens (tertiary/aromatic N) is 1. The van der Waals surface area contributed by atoms with E-state index in [1.54, 1.807) is 48.5 Å². The molecule has 2 amide bonds. The number of hydrogen-bond donors (Lipinski definition) is 2. The summed E-state index contributed by atoms with van der Waals surface area (Å²) in [6, 6.07) is 13.7. The Labute approximate surface area is 149 Å². The largest absolute Gasteiger partial charge is 0.483 e. The second-order valence-electron chi connectivity index (χ2n) is 4.81. The zero-order valence-electron chi connectivity index (χ0n) is 13.1. The van der Waals surface area contributed by atoms with Crippen LogP contribution in [0.2, 0.25) is 5.02 Å². The lowest BCUT2D eigenvalue weighted by atomic mass is 10.2. The summed E-state index contributed by atoms with van der Waals surface area (Å²) in [5.41, 5.74) is 7.95. The first kappa shape index (κ1) is 18.3. The van der Waals surface area contributed by atoms with Crippen LogP contribution in [0.1, 0.15) is 5.56 Å². The van der Waals surface area contributed by atoms with Gasteiger partial charge in [0.1, 0.15) is 11.5 Å². The van der Waals surface area contributed by atoms with Gasteiger partial charge in [-0.2, -0.15) is 5.10 Å². The Balaban J connectivity index is 1.87. The Hall–Kier alpha value is -3.06. The molecule has 0 fully saturated rings. The molecule has 0 bridgehead atoms. The molecule has 0 heterocycles. The maximum atomic E-state index is 11.7. The van der Waals surface area contributed by atoms with Crippen LogP contribution in [0.5, 0.6) is 11.5 Å². The first-order valence-electron chi connectivity index (χ1n) is 7.25. The predicted molar refractivity (Wildman–Crippen MR) is 93.8 cm³/mol. The van der Waals surface area contributed by atoms with Gasteiger partial charge in [-0.1, -0.05) is 35.9 Å². The molecule has 3 N–H and O–H groups in total. The third-order valence-electron chi connectivity index (χ3n) is 2.88. The van der Waals surface area contributed by atoms with Crippen molar-refractivity contribution in [3.05, 3.63) is 59.1 Å². The van der Waals surface area contributed by atoms with Crippen molar-refractivity contribution >= 4 is 29.6 Å². The van der Waals surface area contributed by atoms with Crippen LogP contribution < -0.4 is 20.6 Å². The van der Waals surface area contributed by atoms with Gasteiger partial charge in [0.15, 0.2) is 13.2 Å². The van der Waals surface area contributed by atoms with E-state index in [2.05, 4.69) is 10.5 Å². The van der Waals surface area contributed by atoms with Gasteiger partial charge in [-0.05, 0) is 24.3 Å². The molecule has 0 spiro atoms. The molecule has 0 saturated carbocycles. The topological polar surface area (TPSA) is 103 Å². The number of amides is 2. The monoisotopic (exact) mass is 361 g/mol. The lowest BCUT2D eigenvalue weighted by Gasteiger charge is -2.07. The fourth-order valence-corrected chi connectivity index (χ4v) is 1.97. The van der Waals surface area contributed by atoms with E-state index in [0.717, 1.165) is 0 Å². The number of halogens is 1. The summed E-state index contributed by atoms with van der Waals surface area (Å²) in [6.45, 7) is -0.482. The van der Waals surface area contributed by atoms with Crippen molar-refractivity contribution in [1.82, 2.24) is 5.43 Å². The fraction of sp³-hybridized carbons (Fsp3) is 0.118. The van der Waals surface area contributed by atoms with Crippen LogP contribution in [-0.4, -0.2) is 31.2 Å². The van der Waals surface area contributed by atoms with Gasteiger partial charge in [0, 0.05) is 5.56 Å². The third kappa shape index (κ3) is 6.15. The number of hydrogen-bond acceptors (Lipinski definition) is 5. The van der Waals surface area contributed by atoms with Crippen molar-refractivity contribution < 1.29 is 19.1 Å². The van der Waals surface area contributed by atoms with Crippen LogP contribution in [-0.2, 0) is 9.59 Å². The van der Waals surface area contributed by atoms with Crippen LogP contribution in [0.25, 0.3) is 0 Å². The van der Waals surface area contributed by atoms with Gasteiger partial charge in [-0.3, -0.25) is 9.59 Å². The standard InChI is InChI=1S/C17H16ClN3O4/c18-13-6-2-4-8-15(13)25-11-17(23)21-20-9-12-5-1-3-7-14(12)24-10-16(19)22/h1-9H,10-11H2,(H2,19,22)(H,21,23)/b20-9+. The number of hydrazone groups is 1. The fourth-order valence-electron chi connectivity index (χ4n) is 1.78. The summed E-state index contributed by atoms with van der Waals surface area (Å²) >= 11 is 5.93. The highest BCUT2D eigenvalue weighted by atomic mass is 35.5. The number of carbonyl (C=O) groups is 2. The molecular formula is C17H16ClN3O4. The van der Waals surface area contributed by atoms with Crippen molar-refractivity contribution in [3.8, 4) is 11.5 Å². The molecule has 0 saturated heterocycles. The molecule has 130 valence electrons. The molecule has 0 radical (unpaired) electrons. The molecule has 8 heteroatoms. The molecule has 25 heavy (non-hydrogen) atoms. The number of primary amides is 1. The van der Waals surface area contributed by atoms with E-state index in [1.165, 1.54) is 6.21 Å². The third-order valence-corrected chi connectivity index (χ3v) is 3.19. The Kier molecular flexibility index (Phi) is 6.79. The first-order chi connectivity index (χ1) is 12.1. The maximum absolute atomic E-state index is 11.7. The first-order valence-corrected chi connectivity index (χ1v) is 7.63. The van der Waals surface area contributed by atoms with Gasteiger partial charge in [0.2, 0.25) is 0 Å². The summed E-state index contributed by atoms with van der Waals surface area (Å²) in [6.07, 6.45) is 1.39. The van der Waals surface area contributed by atoms with E-state index >= 15 is 0 Å². The summed E-state index contributed by atoms with van der Waals surface area (Å²) in [5.74, 6) is -0.205. The summed E-state index contributed by atoms with van der Waals surface area (Å²) < 4.78 is 10.6. The zero-order chi connectivity index (χ0) is 18.1. The Morgan fingerprint density at radius 2 is 1.68 bits per heavy atom. The minimum atomic E-state index is -0.586. The van der Waals surface area contributed by atoms with Gasteiger partial charge in [0.25, 0.3) is 11.8 Å². The van der Waals surface area contributed by atoms with E-state index in [0.29, 0.717) is 22.1 Å². The van der Waals surface area contributed by atoms with Gasteiger partial charge < -0.3 is 15.2 Å². The predicted octanol–water partition coefficient (Wildman–Crippen LogP) is 1.73. The van der Waals surface area contributed by atoms with Crippen LogP contribution in [0.4, 0.5) is 0 Å². The quantitative estimate of drug-likeness (QED) is 0.552. The van der Waals surface area contributed by atoms with Gasteiger partial charge in [-0.25, -0.2) is 5.43 Å². The van der Waals surface area contributed by atoms with Crippen LogP contribution in [0, 0.1) is 0 Å². The highest BCUT2D eigenvalue weighted by Gasteiger charge is 2.05. The average Bonchev–Trinajstić information content (AvgIpc) is 2.60. The van der Waals surface area contributed by atoms with E-state index in [-0.39, 0.29) is 13.2 Å². The lowest BCUT2D eigenvalue weighted by molar-refractivity contribution is -0.123. The molecular weight excluding hydrogens is 346 g/mol. The van der Waals surface area contributed by atoms with E-state index < -0.39 is 11.8 Å². The van der Waals surface area contributed by atoms with Crippen molar-refractivity contribution in [2.24, 2.45) is 10.8 Å². The molecule has 2 rings (SSSR count). The average molecular weight is 362 g/mol. The van der Waals surface area contributed by atoms with E-state index in [9.17, 15) is 9.59 Å². The molecule has 0 atom stereocenters. The number of nitrogens with one attached hydrogen (secondary N) is 1. The highest BCUT2D eigenvalue weighted by molar-refractivity contribution is 6.32.